The van der Waals surface area contributed by atoms with Crippen LogP contribution in [-0.4, -0.2) is 22.8 Å². The van der Waals surface area contributed by atoms with Gasteiger partial charge in [0, 0.05) is 6.42 Å². The van der Waals surface area contributed by atoms with Crippen LogP contribution in [0.1, 0.15) is 52.9 Å². The van der Waals surface area contributed by atoms with Gasteiger partial charge in [0.05, 0.1) is 5.41 Å². The molecule has 0 aromatic heterocycles. The lowest BCUT2D eigenvalue weighted by atomic mass is 9.81. The van der Waals surface area contributed by atoms with E-state index >= 15 is 0 Å². The van der Waals surface area contributed by atoms with Gasteiger partial charge in [0.15, 0.2) is 0 Å². The first kappa shape index (κ1) is 13.8. The van der Waals surface area contributed by atoms with Gasteiger partial charge in [-0.05, 0) is 19.3 Å². The zero-order chi connectivity index (χ0) is 13.1. The van der Waals surface area contributed by atoms with E-state index in [1.807, 2.05) is 20.8 Å². The molecule has 0 aromatic rings. The van der Waals surface area contributed by atoms with Crippen molar-refractivity contribution < 1.29 is 9.59 Å². The van der Waals surface area contributed by atoms with Crippen LogP contribution in [0.2, 0.25) is 0 Å². The van der Waals surface area contributed by atoms with Crippen LogP contribution < -0.4 is 0 Å². The molecule has 0 aliphatic carbocycles. The first-order valence-electron chi connectivity index (χ1n) is 6.38. The number of amides is 2. The average Bonchev–Trinajstić information content (AvgIpc) is 2.59. The second kappa shape index (κ2) is 5.35. The summed E-state index contributed by atoms with van der Waals surface area (Å²) >= 11 is 0. The Hall–Kier alpha value is -1.30. The molecule has 0 radical (unpaired) electrons. The number of rotatable bonds is 5. The van der Waals surface area contributed by atoms with Gasteiger partial charge in [-0.1, -0.05) is 33.1 Å². The van der Waals surface area contributed by atoms with Gasteiger partial charge in [0.1, 0.15) is 6.04 Å². The monoisotopic (exact) mass is 235 g/mol. The first-order valence-corrected chi connectivity index (χ1v) is 6.38. The molecule has 1 atom stereocenters. The van der Waals surface area contributed by atoms with Crippen molar-refractivity contribution in [3.8, 4) is 12.3 Å². The Kier molecular flexibility index (Phi) is 4.34. The number of imide groups is 1. The third-order valence-corrected chi connectivity index (χ3v) is 3.85. The van der Waals surface area contributed by atoms with Crippen molar-refractivity contribution >= 4 is 11.8 Å². The Bertz CT molecular complexity index is 350. The fraction of sp³-hybridized carbons (Fsp3) is 0.714. The third kappa shape index (κ3) is 2.22. The lowest BCUT2D eigenvalue weighted by molar-refractivity contribution is -0.143. The van der Waals surface area contributed by atoms with E-state index in [9.17, 15) is 9.59 Å². The normalized spacial score (nSPS) is 20.5. The Morgan fingerprint density at radius 2 is 1.94 bits per heavy atom. The highest BCUT2D eigenvalue weighted by Gasteiger charge is 2.50. The van der Waals surface area contributed by atoms with Crippen molar-refractivity contribution in [2.75, 3.05) is 0 Å². The summed E-state index contributed by atoms with van der Waals surface area (Å²) in [4.78, 5) is 25.7. The van der Waals surface area contributed by atoms with E-state index in [0.29, 0.717) is 25.7 Å². The quantitative estimate of drug-likeness (QED) is 0.542. The molecule has 1 saturated heterocycles. The molecule has 3 heteroatoms. The van der Waals surface area contributed by atoms with Gasteiger partial charge in [-0.15, -0.1) is 6.42 Å². The highest BCUT2D eigenvalue weighted by atomic mass is 16.2. The number of carbonyl (C=O) groups is 2. The van der Waals surface area contributed by atoms with E-state index in [1.165, 1.54) is 4.90 Å². The highest BCUT2D eigenvalue weighted by molar-refractivity contribution is 6.06. The highest BCUT2D eigenvalue weighted by Crippen LogP contribution is 2.40. The first-order chi connectivity index (χ1) is 8.06. The Labute approximate surface area is 104 Å². The van der Waals surface area contributed by atoms with Crippen LogP contribution in [0.5, 0.6) is 0 Å². The third-order valence-electron chi connectivity index (χ3n) is 3.85. The van der Waals surface area contributed by atoms with E-state index in [1.54, 1.807) is 0 Å². The number of carbonyl (C=O) groups excluding carboxylic acids is 2. The van der Waals surface area contributed by atoms with Gasteiger partial charge >= 0.3 is 0 Å². The number of likely N-dealkylation sites (tertiary alicyclic amines) is 1. The SMILES string of the molecule is C#CC(CCC)N1C(=O)CC(CC)(CC)C1=O. The molecule has 0 saturated carbocycles. The van der Waals surface area contributed by atoms with Crippen LogP contribution in [-0.2, 0) is 9.59 Å². The number of terminal acetylenes is 1. The van der Waals surface area contributed by atoms with Gasteiger partial charge in [-0.25, -0.2) is 0 Å². The summed E-state index contributed by atoms with van der Waals surface area (Å²) in [5.41, 5.74) is -0.500. The van der Waals surface area contributed by atoms with Gasteiger partial charge in [0.25, 0.3) is 0 Å². The maximum atomic E-state index is 12.4. The molecule has 17 heavy (non-hydrogen) atoms. The van der Waals surface area contributed by atoms with Crippen molar-refractivity contribution in [2.45, 2.75) is 58.9 Å². The lowest BCUT2D eigenvalue weighted by Crippen LogP contribution is -2.41. The summed E-state index contributed by atoms with van der Waals surface area (Å²) in [6, 6.07) is -0.361. The largest absolute Gasteiger partial charge is 0.274 e. The van der Waals surface area contributed by atoms with Gasteiger partial charge in [-0.2, -0.15) is 0 Å². The number of hydrogen-bond donors (Lipinski definition) is 0. The van der Waals surface area contributed by atoms with Crippen LogP contribution in [0.25, 0.3) is 0 Å². The summed E-state index contributed by atoms with van der Waals surface area (Å²) in [5.74, 6) is 2.41. The van der Waals surface area contributed by atoms with Crippen LogP contribution in [0, 0.1) is 17.8 Å². The van der Waals surface area contributed by atoms with E-state index in [0.717, 1.165) is 6.42 Å². The Morgan fingerprint density at radius 1 is 1.35 bits per heavy atom. The summed E-state index contributed by atoms with van der Waals surface area (Å²) in [6.45, 7) is 5.92. The molecule has 0 N–H and O–H groups in total. The molecular formula is C14H21NO2. The fourth-order valence-corrected chi connectivity index (χ4v) is 2.50. The van der Waals surface area contributed by atoms with E-state index in [4.69, 9.17) is 6.42 Å². The van der Waals surface area contributed by atoms with Crippen molar-refractivity contribution in [2.24, 2.45) is 5.41 Å². The molecule has 1 fully saturated rings. The molecule has 3 nitrogen and oxygen atoms in total. The van der Waals surface area contributed by atoms with Crippen molar-refractivity contribution in [3.05, 3.63) is 0 Å². The van der Waals surface area contributed by atoms with Crippen LogP contribution >= 0.6 is 0 Å². The van der Waals surface area contributed by atoms with E-state index < -0.39 is 5.41 Å². The van der Waals surface area contributed by atoms with Gasteiger partial charge < -0.3 is 0 Å². The summed E-state index contributed by atoms with van der Waals surface area (Å²) in [5, 5.41) is 0. The minimum atomic E-state index is -0.500. The molecule has 2 amide bonds. The standard InChI is InChI=1S/C14H21NO2/c1-5-9-11(6-2)15-12(16)10-14(7-3,8-4)13(15)17/h2,11H,5,7-10H2,1,3-4H3. The predicted octanol–water partition coefficient (Wildman–Crippen LogP) is 2.35. The molecule has 0 spiro atoms. The Balaban J connectivity index is 3.00. The van der Waals surface area contributed by atoms with Crippen LogP contribution in [0.3, 0.4) is 0 Å². The smallest absolute Gasteiger partial charge is 0.236 e. The molecule has 1 unspecified atom stereocenters. The maximum Gasteiger partial charge on any atom is 0.236 e. The van der Waals surface area contributed by atoms with Crippen molar-refractivity contribution in [1.82, 2.24) is 4.90 Å². The molecule has 1 aliphatic rings. The van der Waals surface area contributed by atoms with Crippen molar-refractivity contribution in [3.63, 3.8) is 0 Å². The van der Waals surface area contributed by atoms with Crippen LogP contribution in [0.4, 0.5) is 0 Å². The number of nitrogens with zero attached hydrogens (tertiary/aromatic N) is 1. The molecule has 1 heterocycles. The zero-order valence-electron chi connectivity index (χ0n) is 11.0. The molecule has 1 aliphatic heterocycles. The van der Waals surface area contributed by atoms with Gasteiger partial charge in [0.2, 0.25) is 11.8 Å². The predicted molar refractivity (Wildman–Crippen MR) is 67.0 cm³/mol. The molecule has 1 rings (SSSR count). The zero-order valence-corrected chi connectivity index (χ0v) is 11.0. The minimum Gasteiger partial charge on any atom is -0.274 e. The topological polar surface area (TPSA) is 37.4 Å². The molecule has 0 aromatic carbocycles. The lowest BCUT2D eigenvalue weighted by Gasteiger charge is -2.26. The molecule has 0 bridgehead atoms. The second-order valence-electron chi connectivity index (χ2n) is 4.70. The average molecular weight is 235 g/mol. The summed E-state index contributed by atoms with van der Waals surface area (Å²) < 4.78 is 0. The Morgan fingerprint density at radius 3 is 2.29 bits per heavy atom. The fourth-order valence-electron chi connectivity index (χ4n) is 2.50. The summed E-state index contributed by atoms with van der Waals surface area (Å²) in [6.07, 6.45) is 8.73. The number of hydrogen-bond acceptors (Lipinski definition) is 2. The van der Waals surface area contributed by atoms with Gasteiger partial charge in [-0.3, -0.25) is 14.5 Å². The van der Waals surface area contributed by atoms with E-state index in [-0.39, 0.29) is 17.9 Å². The second-order valence-corrected chi connectivity index (χ2v) is 4.70. The summed E-state index contributed by atoms with van der Waals surface area (Å²) in [7, 11) is 0. The van der Waals surface area contributed by atoms with Crippen LogP contribution in [0.15, 0.2) is 0 Å². The molecular weight excluding hydrogens is 214 g/mol. The van der Waals surface area contributed by atoms with Crippen molar-refractivity contribution in [1.29, 1.82) is 0 Å². The maximum absolute atomic E-state index is 12.4. The minimum absolute atomic E-state index is 0.0658. The molecule has 94 valence electrons. The van der Waals surface area contributed by atoms with E-state index in [2.05, 4.69) is 5.92 Å².